The minimum absolute atomic E-state index is 0.305. The molecular weight excluding hydrogens is 387 g/mol. The molecule has 0 unspecified atom stereocenters. The maximum absolute atomic E-state index is 6.76. The number of hydrogen-bond donors (Lipinski definition) is 0. The molecule has 8 fully saturated rings. The summed E-state index contributed by atoms with van der Waals surface area (Å²) in [6.07, 6.45) is 21.9. The SMILES string of the molecule is ClC(Cl)c1n(C23CC4CC(CC(C4)C2)C3)cc[n+]1C12CC3CC(CC(C3)C1)C2. The third-order valence-corrected chi connectivity index (χ3v) is 10.5. The summed E-state index contributed by atoms with van der Waals surface area (Å²) in [7, 11) is 0. The van der Waals surface area contributed by atoms with Crippen molar-refractivity contribution in [1.82, 2.24) is 4.57 Å². The first-order valence-corrected chi connectivity index (χ1v) is 12.8. The number of alkyl halides is 2. The average molecular weight is 420 g/mol. The van der Waals surface area contributed by atoms with Crippen LogP contribution in [-0.4, -0.2) is 4.57 Å². The van der Waals surface area contributed by atoms with Crippen LogP contribution in [0.4, 0.5) is 0 Å². The highest BCUT2D eigenvalue weighted by molar-refractivity contribution is 6.43. The molecule has 4 heteroatoms. The standard InChI is InChI=1S/C24H33Cl2N2/c25-21(26)22-27(23-9-15-3-16(10-23)5-17(4-15)11-23)1-2-28(22)24-12-18-6-19(13-24)8-20(7-18)14-24/h1-2,15-21H,3-14H2/q+1. The van der Waals surface area contributed by atoms with E-state index in [1.807, 2.05) is 0 Å². The van der Waals surface area contributed by atoms with Crippen LogP contribution < -0.4 is 4.57 Å². The predicted molar refractivity (Wildman–Crippen MR) is 111 cm³/mol. The fourth-order valence-electron chi connectivity index (χ4n) is 10.1. The zero-order chi connectivity index (χ0) is 18.7. The molecule has 1 aromatic rings. The van der Waals surface area contributed by atoms with Crippen molar-refractivity contribution in [3.63, 3.8) is 0 Å². The third kappa shape index (κ3) is 2.31. The van der Waals surface area contributed by atoms with Crippen LogP contribution in [0.15, 0.2) is 12.4 Å². The lowest BCUT2D eigenvalue weighted by molar-refractivity contribution is -0.782. The molecule has 1 aromatic heterocycles. The molecule has 9 rings (SSSR count). The van der Waals surface area contributed by atoms with Crippen molar-refractivity contribution in [3.05, 3.63) is 18.2 Å². The molecule has 0 atom stereocenters. The van der Waals surface area contributed by atoms with Crippen molar-refractivity contribution in [2.45, 2.75) is 93.0 Å². The normalized spacial score (nSPS) is 50.8. The average Bonchev–Trinajstić information content (AvgIpc) is 3.06. The van der Waals surface area contributed by atoms with E-state index in [0.29, 0.717) is 11.1 Å². The van der Waals surface area contributed by atoms with Gasteiger partial charge in [-0.05, 0) is 113 Å². The van der Waals surface area contributed by atoms with Gasteiger partial charge in [0.2, 0.25) is 4.84 Å². The molecule has 8 aliphatic carbocycles. The zero-order valence-corrected chi connectivity index (χ0v) is 18.3. The van der Waals surface area contributed by atoms with Crippen LogP contribution in [0.25, 0.3) is 0 Å². The zero-order valence-electron chi connectivity index (χ0n) is 16.8. The molecule has 0 N–H and O–H groups in total. The van der Waals surface area contributed by atoms with Crippen molar-refractivity contribution in [2.24, 2.45) is 35.5 Å². The van der Waals surface area contributed by atoms with Crippen molar-refractivity contribution in [3.8, 4) is 0 Å². The van der Waals surface area contributed by atoms with Gasteiger partial charge in [0.25, 0.3) is 5.82 Å². The smallest absolute Gasteiger partial charge is 0.226 e. The lowest BCUT2D eigenvalue weighted by Crippen LogP contribution is -2.66. The summed E-state index contributed by atoms with van der Waals surface area (Å²) >= 11 is 13.5. The summed E-state index contributed by atoms with van der Waals surface area (Å²) in [6.45, 7) is 0. The lowest BCUT2D eigenvalue weighted by Gasteiger charge is -2.56. The maximum atomic E-state index is 6.76. The number of hydrogen-bond acceptors (Lipinski definition) is 0. The van der Waals surface area contributed by atoms with E-state index in [0.717, 1.165) is 35.5 Å². The van der Waals surface area contributed by atoms with E-state index in [-0.39, 0.29) is 0 Å². The molecule has 0 spiro atoms. The van der Waals surface area contributed by atoms with Gasteiger partial charge >= 0.3 is 0 Å². The first-order chi connectivity index (χ1) is 13.5. The molecule has 8 bridgehead atoms. The Kier molecular flexibility index (Phi) is 3.57. The van der Waals surface area contributed by atoms with Crippen LogP contribution in [0.3, 0.4) is 0 Å². The highest BCUT2D eigenvalue weighted by Crippen LogP contribution is 2.60. The molecule has 1 heterocycles. The topological polar surface area (TPSA) is 8.81 Å². The molecule has 0 aliphatic heterocycles. The van der Waals surface area contributed by atoms with E-state index in [4.69, 9.17) is 23.2 Å². The van der Waals surface area contributed by atoms with Crippen LogP contribution in [0.1, 0.15) is 87.7 Å². The van der Waals surface area contributed by atoms with Gasteiger partial charge in [0.15, 0.2) is 0 Å². The molecule has 8 saturated carbocycles. The Labute approximate surface area is 179 Å². The maximum Gasteiger partial charge on any atom is 0.291 e. The van der Waals surface area contributed by atoms with Gasteiger partial charge < -0.3 is 0 Å². The number of halogens is 2. The first kappa shape index (κ1) is 17.5. The van der Waals surface area contributed by atoms with E-state index < -0.39 is 4.84 Å². The molecule has 152 valence electrons. The van der Waals surface area contributed by atoms with Crippen LogP contribution in [-0.2, 0) is 11.1 Å². The van der Waals surface area contributed by atoms with Crippen molar-refractivity contribution in [2.75, 3.05) is 0 Å². The fraction of sp³-hybridized carbons (Fsp3) is 0.875. The monoisotopic (exact) mass is 419 g/mol. The quantitative estimate of drug-likeness (QED) is 0.413. The Bertz CT molecular complexity index is 677. The first-order valence-electron chi connectivity index (χ1n) is 11.9. The third-order valence-electron chi connectivity index (χ3n) is 10.1. The molecule has 8 aliphatic rings. The van der Waals surface area contributed by atoms with Gasteiger partial charge in [0.05, 0.1) is 0 Å². The van der Waals surface area contributed by atoms with Gasteiger partial charge in [-0.15, -0.1) is 0 Å². The Morgan fingerprint density at radius 2 is 1.18 bits per heavy atom. The van der Waals surface area contributed by atoms with E-state index >= 15 is 0 Å². The fourth-order valence-corrected chi connectivity index (χ4v) is 10.6. The van der Waals surface area contributed by atoms with Crippen molar-refractivity contribution >= 4 is 23.2 Å². The largest absolute Gasteiger partial charge is 0.291 e. The summed E-state index contributed by atoms with van der Waals surface area (Å²) in [5.74, 6) is 6.89. The second-order valence-electron chi connectivity index (χ2n) is 12.0. The number of aromatic nitrogens is 2. The molecule has 0 radical (unpaired) electrons. The Morgan fingerprint density at radius 1 is 0.750 bits per heavy atom. The van der Waals surface area contributed by atoms with Crippen molar-refractivity contribution < 1.29 is 4.57 Å². The number of rotatable bonds is 3. The van der Waals surface area contributed by atoms with E-state index in [1.165, 1.54) is 82.9 Å². The minimum atomic E-state index is -0.420. The van der Waals surface area contributed by atoms with Crippen LogP contribution in [0.5, 0.6) is 0 Å². The molecule has 0 saturated heterocycles. The van der Waals surface area contributed by atoms with Gasteiger partial charge in [0, 0.05) is 0 Å². The summed E-state index contributed by atoms with van der Waals surface area (Å²) < 4.78 is 5.25. The summed E-state index contributed by atoms with van der Waals surface area (Å²) in [6, 6.07) is 0. The van der Waals surface area contributed by atoms with E-state index in [2.05, 4.69) is 21.5 Å². The van der Waals surface area contributed by atoms with E-state index in [1.54, 1.807) is 0 Å². The van der Waals surface area contributed by atoms with Gasteiger partial charge in [-0.1, -0.05) is 23.2 Å². The Morgan fingerprint density at radius 3 is 1.61 bits per heavy atom. The second kappa shape index (κ2) is 5.72. The van der Waals surface area contributed by atoms with Gasteiger partial charge in [0.1, 0.15) is 23.5 Å². The molecule has 2 nitrogen and oxygen atoms in total. The summed E-state index contributed by atoms with van der Waals surface area (Å²) in [5, 5.41) is 0. The highest BCUT2D eigenvalue weighted by atomic mass is 35.5. The highest BCUT2D eigenvalue weighted by Gasteiger charge is 2.59. The number of nitrogens with zero attached hydrogens (tertiary/aromatic N) is 2. The molecular formula is C24H33Cl2N2+. The Balaban J connectivity index is 1.34. The van der Waals surface area contributed by atoms with Gasteiger partial charge in [-0.3, -0.25) is 0 Å². The van der Waals surface area contributed by atoms with Crippen LogP contribution in [0.2, 0.25) is 0 Å². The lowest BCUT2D eigenvalue weighted by atomic mass is 9.52. The van der Waals surface area contributed by atoms with Crippen molar-refractivity contribution in [1.29, 1.82) is 0 Å². The summed E-state index contributed by atoms with van der Waals surface area (Å²) in [5.41, 5.74) is 0.610. The minimum Gasteiger partial charge on any atom is -0.226 e. The molecule has 0 aromatic carbocycles. The van der Waals surface area contributed by atoms with E-state index in [9.17, 15) is 0 Å². The van der Waals surface area contributed by atoms with Crippen LogP contribution in [0, 0.1) is 35.5 Å². The molecule has 0 amide bonds. The predicted octanol–water partition coefficient (Wildman–Crippen LogP) is 6.10. The molecule has 28 heavy (non-hydrogen) atoms. The summed E-state index contributed by atoms with van der Waals surface area (Å²) in [4.78, 5) is -0.420. The van der Waals surface area contributed by atoms with Gasteiger partial charge in [-0.2, -0.15) is 0 Å². The second-order valence-corrected chi connectivity index (χ2v) is 13.1. The van der Waals surface area contributed by atoms with Gasteiger partial charge in [-0.25, -0.2) is 9.13 Å². The number of imidazole rings is 1. The Hall–Kier alpha value is -0.210. The van der Waals surface area contributed by atoms with Crippen LogP contribution >= 0.6 is 23.2 Å².